The molecule has 0 bridgehead atoms. The summed E-state index contributed by atoms with van der Waals surface area (Å²) < 4.78 is 0. The molecule has 1 aliphatic carbocycles. The molecule has 1 fully saturated rings. The summed E-state index contributed by atoms with van der Waals surface area (Å²) in [6, 6.07) is 24.5. The van der Waals surface area contributed by atoms with E-state index in [4.69, 9.17) is 0 Å². The maximum absolute atomic E-state index is 14.1. The molecule has 1 spiro atoms. The van der Waals surface area contributed by atoms with Gasteiger partial charge in [0.05, 0.1) is 29.2 Å². The van der Waals surface area contributed by atoms with E-state index in [0.29, 0.717) is 18.5 Å². The van der Waals surface area contributed by atoms with Crippen molar-refractivity contribution in [1.82, 2.24) is 0 Å². The number of carboxylic acids is 1. The van der Waals surface area contributed by atoms with Gasteiger partial charge in [0.1, 0.15) is 0 Å². The largest absolute Gasteiger partial charge is 0.478 e. The number of benzene rings is 3. The van der Waals surface area contributed by atoms with Crippen LogP contribution in [-0.4, -0.2) is 17.0 Å². The second-order valence-electron chi connectivity index (χ2n) is 9.31. The number of rotatable bonds is 5. The lowest BCUT2D eigenvalue weighted by molar-refractivity contribution is -0.121. The van der Waals surface area contributed by atoms with Gasteiger partial charge in [-0.15, -0.1) is 0 Å². The highest BCUT2D eigenvalue weighted by Crippen LogP contribution is 2.73. The molecule has 1 saturated carbocycles. The Hall–Kier alpha value is -3.91. The fraction of sp³-hybridized carbons (Fsp3) is 0.250. The second kappa shape index (κ2) is 7.31. The summed E-state index contributed by atoms with van der Waals surface area (Å²) in [7, 11) is 0. The summed E-state index contributed by atoms with van der Waals surface area (Å²) in [4.78, 5) is 27.4. The zero-order valence-electron chi connectivity index (χ0n) is 18.6. The van der Waals surface area contributed by atoms with Gasteiger partial charge < -0.3 is 10.0 Å². The van der Waals surface area contributed by atoms with E-state index in [-0.39, 0.29) is 22.8 Å². The molecule has 5 heteroatoms. The Morgan fingerprint density at radius 2 is 1.82 bits per heavy atom. The number of hydrogen-bond donors (Lipinski definition) is 1. The predicted molar refractivity (Wildman–Crippen MR) is 125 cm³/mol. The number of anilines is 1. The summed E-state index contributed by atoms with van der Waals surface area (Å²) in [6.45, 7) is 4.63. The zero-order chi connectivity index (χ0) is 23.4. The minimum Gasteiger partial charge on any atom is -0.478 e. The molecule has 3 aromatic rings. The molecule has 3 aromatic carbocycles. The standard InChI is InChI=1S/C28H24N2O3/c1-18(2)27(22-12-10-19(15-29)11-13-22)17-28(27)23-8-3-4-9-24(23)30(26(28)33)16-20-6-5-7-21(14-20)25(31)32/h3-14,18H,16-17H2,1-2H3,(H,31,32)/t27-,28-/m0/s1. The van der Waals surface area contributed by atoms with E-state index in [1.807, 2.05) is 53.4 Å². The lowest BCUT2D eigenvalue weighted by atomic mass is 9.75. The third-order valence-corrected chi connectivity index (χ3v) is 7.47. The minimum atomic E-state index is -0.983. The molecule has 33 heavy (non-hydrogen) atoms. The van der Waals surface area contributed by atoms with Crippen molar-refractivity contribution in [3.05, 3.63) is 101 Å². The number of aromatic carboxylic acids is 1. The van der Waals surface area contributed by atoms with Crippen LogP contribution in [0.15, 0.2) is 72.8 Å². The number of amides is 1. The van der Waals surface area contributed by atoms with Gasteiger partial charge in [0.25, 0.3) is 0 Å². The average Bonchev–Trinajstić information content (AvgIpc) is 3.49. The Balaban J connectivity index is 1.60. The SMILES string of the molecule is CC(C)[C@]1(c2ccc(C#N)cc2)C[C@]12C(=O)N(Cc1cccc(C(=O)O)c1)c1ccccc12. The molecule has 2 atom stereocenters. The number of carbonyl (C=O) groups excluding carboxylic acids is 1. The maximum atomic E-state index is 14.1. The summed E-state index contributed by atoms with van der Waals surface area (Å²) in [5, 5.41) is 18.6. The molecule has 0 radical (unpaired) electrons. The topological polar surface area (TPSA) is 81.4 Å². The van der Waals surface area contributed by atoms with Gasteiger partial charge in [-0.05, 0) is 59.4 Å². The number of hydrogen-bond acceptors (Lipinski definition) is 3. The monoisotopic (exact) mass is 436 g/mol. The van der Waals surface area contributed by atoms with Crippen molar-refractivity contribution >= 4 is 17.6 Å². The van der Waals surface area contributed by atoms with E-state index in [1.165, 1.54) is 0 Å². The second-order valence-corrected chi connectivity index (χ2v) is 9.31. The third-order valence-electron chi connectivity index (χ3n) is 7.47. The highest BCUT2D eigenvalue weighted by atomic mass is 16.4. The van der Waals surface area contributed by atoms with Crippen molar-refractivity contribution in [2.75, 3.05) is 4.90 Å². The van der Waals surface area contributed by atoms with Crippen LogP contribution in [0.5, 0.6) is 0 Å². The van der Waals surface area contributed by atoms with Crippen LogP contribution in [-0.2, 0) is 22.2 Å². The first-order valence-electron chi connectivity index (χ1n) is 11.1. The molecule has 0 saturated heterocycles. The summed E-state index contributed by atoms with van der Waals surface area (Å²) in [5.74, 6) is -0.719. The van der Waals surface area contributed by atoms with Gasteiger partial charge in [0, 0.05) is 11.1 Å². The van der Waals surface area contributed by atoms with Crippen molar-refractivity contribution in [3.63, 3.8) is 0 Å². The number of para-hydroxylation sites is 1. The first-order valence-corrected chi connectivity index (χ1v) is 11.1. The van der Waals surface area contributed by atoms with E-state index in [2.05, 4.69) is 26.0 Å². The Labute approximate surface area is 192 Å². The van der Waals surface area contributed by atoms with Gasteiger partial charge in [-0.1, -0.05) is 56.3 Å². The van der Waals surface area contributed by atoms with Crippen LogP contribution in [0.25, 0.3) is 0 Å². The summed E-state index contributed by atoms with van der Waals surface area (Å²) >= 11 is 0. The molecule has 2 aliphatic rings. The number of nitriles is 1. The van der Waals surface area contributed by atoms with Crippen LogP contribution in [0.1, 0.15) is 52.9 Å². The minimum absolute atomic E-state index is 0.0579. The molecule has 0 aromatic heterocycles. The Morgan fingerprint density at radius 3 is 2.48 bits per heavy atom. The number of fused-ring (bicyclic) bond motifs is 2. The molecule has 0 unspecified atom stereocenters. The van der Waals surface area contributed by atoms with Gasteiger partial charge in [0.2, 0.25) is 5.91 Å². The van der Waals surface area contributed by atoms with Crippen molar-refractivity contribution in [3.8, 4) is 6.07 Å². The van der Waals surface area contributed by atoms with Gasteiger partial charge >= 0.3 is 5.97 Å². The van der Waals surface area contributed by atoms with Crippen LogP contribution in [0.2, 0.25) is 0 Å². The van der Waals surface area contributed by atoms with Crippen molar-refractivity contribution in [2.45, 2.75) is 37.6 Å². The molecule has 1 aliphatic heterocycles. The van der Waals surface area contributed by atoms with Gasteiger partial charge in [-0.3, -0.25) is 4.79 Å². The first-order chi connectivity index (χ1) is 15.8. The summed E-state index contributed by atoms with van der Waals surface area (Å²) in [5.41, 5.74) is 3.58. The van der Waals surface area contributed by atoms with E-state index in [9.17, 15) is 20.0 Å². The molecule has 1 amide bonds. The van der Waals surface area contributed by atoms with E-state index < -0.39 is 11.4 Å². The Morgan fingerprint density at radius 1 is 1.09 bits per heavy atom. The van der Waals surface area contributed by atoms with Crippen molar-refractivity contribution < 1.29 is 14.7 Å². The molecular weight excluding hydrogens is 412 g/mol. The first kappa shape index (κ1) is 21.0. The normalized spacial score (nSPS) is 23.0. The number of nitrogens with zero attached hydrogens (tertiary/aromatic N) is 2. The number of carboxylic acid groups (broad SMARTS) is 1. The van der Waals surface area contributed by atoms with E-state index >= 15 is 0 Å². The fourth-order valence-corrected chi connectivity index (χ4v) is 5.86. The fourth-order valence-electron chi connectivity index (χ4n) is 5.86. The lowest BCUT2D eigenvalue weighted by Crippen LogP contribution is -2.38. The molecule has 1 heterocycles. The van der Waals surface area contributed by atoms with Gasteiger partial charge in [-0.25, -0.2) is 4.79 Å². The number of carbonyl (C=O) groups is 2. The van der Waals surface area contributed by atoms with Crippen LogP contribution in [0, 0.1) is 17.2 Å². The molecule has 1 N–H and O–H groups in total. The summed E-state index contributed by atoms with van der Waals surface area (Å²) in [6.07, 6.45) is 0.713. The van der Waals surface area contributed by atoms with Crippen molar-refractivity contribution in [2.24, 2.45) is 5.92 Å². The van der Waals surface area contributed by atoms with Gasteiger partial charge in [-0.2, -0.15) is 5.26 Å². The average molecular weight is 437 g/mol. The third kappa shape index (κ3) is 2.84. The van der Waals surface area contributed by atoms with E-state index in [1.54, 1.807) is 18.2 Å². The lowest BCUT2D eigenvalue weighted by Gasteiger charge is -2.27. The molecule has 5 rings (SSSR count). The molecule has 5 nitrogen and oxygen atoms in total. The van der Waals surface area contributed by atoms with Crippen LogP contribution >= 0.6 is 0 Å². The molecular formula is C28H24N2O3. The highest BCUT2D eigenvalue weighted by molar-refractivity contribution is 6.12. The quantitative estimate of drug-likeness (QED) is 0.608. The van der Waals surface area contributed by atoms with Crippen LogP contribution in [0.4, 0.5) is 5.69 Å². The molecule has 164 valence electrons. The van der Waals surface area contributed by atoms with E-state index in [0.717, 1.165) is 22.4 Å². The highest BCUT2D eigenvalue weighted by Gasteiger charge is 2.77. The Bertz CT molecular complexity index is 1320. The van der Waals surface area contributed by atoms with Crippen LogP contribution in [0.3, 0.4) is 0 Å². The maximum Gasteiger partial charge on any atom is 0.335 e. The zero-order valence-corrected chi connectivity index (χ0v) is 18.6. The van der Waals surface area contributed by atoms with Crippen molar-refractivity contribution in [1.29, 1.82) is 5.26 Å². The van der Waals surface area contributed by atoms with Crippen LogP contribution < -0.4 is 4.90 Å². The Kier molecular flexibility index (Phi) is 4.65. The predicted octanol–water partition coefficient (Wildman–Crippen LogP) is 5.04. The smallest absolute Gasteiger partial charge is 0.335 e. The van der Waals surface area contributed by atoms with Gasteiger partial charge in [0.15, 0.2) is 0 Å².